The molecule has 0 aliphatic carbocycles. The number of fused-ring (bicyclic) bond motifs is 3. The molecule has 4 rings (SSSR count). The highest BCUT2D eigenvalue weighted by Gasteiger charge is 2.20. The number of carboxylic acid groups (broad SMARTS) is 1. The molecule has 25 heavy (non-hydrogen) atoms. The highest BCUT2D eigenvalue weighted by Crippen LogP contribution is 2.24. The van der Waals surface area contributed by atoms with Crippen molar-refractivity contribution in [3.05, 3.63) is 35.2 Å². The molecule has 0 atom stereocenters. The molecule has 0 bridgehead atoms. The summed E-state index contributed by atoms with van der Waals surface area (Å²) >= 11 is 0. The summed E-state index contributed by atoms with van der Waals surface area (Å²) in [5.41, 5.74) is 3.95. The maximum atomic E-state index is 11.1. The number of anilines is 2. The molecule has 10 nitrogen and oxygen atoms in total. The lowest BCUT2D eigenvalue weighted by Gasteiger charge is -2.09. The fourth-order valence-corrected chi connectivity index (χ4v) is 2.53. The van der Waals surface area contributed by atoms with Crippen molar-refractivity contribution in [3.63, 3.8) is 0 Å². The number of aryl methyl sites for hydroxylation is 2. The predicted molar refractivity (Wildman–Crippen MR) is 86.7 cm³/mol. The third-order valence-corrected chi connectivity index (χ3v) is 3.90. The van der Waals surface area contributed by atoms with Gasteiger partial charge in [0.25, 0.3) is 0 Å². The van der Waals surface area contributed by atoms with Crippen LogP contribution >= 0.6 is 0 Å². The van der Waals surface area contributed by atoms with Crippen molar-refractivity contribution in [3.8, 4) is 0 Å². The predicted octanol–water partition coefficient (Wildman–Crippen LogP) is 1.65. The Morgan fingerprint density at radius 1 is 1.20 bits per heavy atom. The molecule has 0 spiro atoms. The highest BCUT2D eigenvalue weighted by molar-refractivity contribution is 5.80. The minimum absolute atomic E-state index is 0.216. The fourth-order valence-electron chi connectivity index (χ4n) is 2.53. The van der Waals surface area contributed by atoms with Gasteiger partial charge < -0.3 is 10.4 Å². The van der Waals surface area contributed by atoms with Gasteiger partial charge in [-0.25, -0.2) is 9.61 Å². The van der Waals surface area contributed by atoms with Crippen molar-refractivity contribution < 1.29 is 14.5 Å². The first-order valence-electron chi connectivity index (χ1n) is 7.45. The molecule has 3 aromatic heterocycles. The SMILES string of the molecule is Cc1ccc(Nc2nc3nonc3n3c(CC(=O)O)nnc23)cc1C. The van der Waals surface area contributed by atoms with E-state index in [1.165, 1.54) is 9.96 Å². The Balaban J connectivity index is 1.88. The number of aliphatic carboxylic acids is 1. The van der Waals surface area contributed by atoms with E-state index in [4.69, 9.17) is 9.74 Å². The van der Waals surface area contributed by atoms with Gasteiger partial charge in [0.05, 0.1) is 0 Å². The summed E-state index contributed by atoms with van der Waals surface area (Å²) < 4.78 is 6.21. The molecule has 0 unspecified atom stereocenters. The van der Waals surface area contributed by atoms with Crippen molar-refractivity contribution in [1.29, 1.82) is 0 Å². The van der Waals surface area contributed by atoms with E-state index in [2.05, 4.69) is 30.8 Å². The highest BCUT2D eigenvalue weighted by atomic mass is 16.6. The molecule has 0 aliphatic heterocycles. The van der Waals surface area contributed by atoms with Crippen LogP contribution in [0.3, 0.4) is 0 Å². The molecular formula is C15H13N7O3. The first kappa shape index (κ1) is 15.0. The zero-order valence-corrected chi connectivity index (χ0v) is 13.4. The largest absolute Gasteiger partial charge is 0.481 e. The molecule has 0 radical (unpaired) electrons. The van der Waals surface area contributed by atoms with Crippen LogP contribution < -0.4 is 5.32 Å². The molecule has 0 saturated heterocycles. The second kappa shape index (κ2) is 5.51. The zero-order valence-electron chi connectivity index (χ0n) is 13.4. The average Bonchev–Trinajstić information content (AvgIpc) is 3.17. The Bertz CT molecular complexity index is 1120. The third-order valence-electron chi connectivity index (χ3n) is 3.90. The van der Waals surface area contributed by atoms with Crippen LogP contribution in [0.5, 0.6) is 0 Å². The number of nitrogens with one attached hydrogen (secondary N) is 1. The molecule has 3 heterocycles. The van der Waals surface area contributed by atoms with E-state index < -0.39 is 5.97 Å². The van der Waals surface area contributed by atoms with Gasteiger partial charge in [-0.15, -0.1) is 10.2 Å². The molecular weight excluding hydrogens is 326 g/mol. The van der Waals surface area contributed by atoms with Gasteiger partial charge in [-0.05, 0) is 47.4 Å². The lowest BCUT2D eigenvalue weighted by atomic mass is 10.1. The van der Waals surface area contributed by atoms with Crippen LogP contribution in [0.4, 0.5) is 11.5 Å². The Labute approximate surface area is 140 Å². The van der Waals surface area contributed by atoms with E-state index >= 15 is 0 Å². The van der Waals surface area contributed by atoms with Crippen molar-refractivity contribution in [2.24, 2.45) is 0 Å². The summed E-state index contributed by atoms with van der Waals surface area (Å²) in [7, 11) is 0. The lowest BCUT2D eigenvalue weighted by molar-refractivity contribution is -0.136. The monoisotopic (exact) mass is 339 g/mol. The Hall–Kier alpha value is -3.56. The van der Waals surface area contributed by atoms with Gasteiger partial charge in [0.1, 0.15) is 6.42 Å². The standard InChI is InChI=1S/C15H13N7O3/c1-7-3-4-9(5-8(7)2)16-12-14-19-18-10(6-11(23)24)22(14)15-13(17-12)20-25-21-15/h3-5H,6H2,1-2H3,(H,23,24)(H,16,17,20). The fraction of sp³-hybridized carbons (Fsp3) is 0.200. The van der Waals surface area contributed by atoms with Crippen molar-refractivity contribution in [2.45, 2.75) is 20.3 Å². The summed E-state index contributed by atoms with van der Waals surface area (Å²) in [5, 5.41) is 27.7. The van der Waals surface area contributed by atoms with Crippen LogP contribution in [0.15, 0.2) is 22.8 Å². The molecule has 4 aromatic rings. The quantitative estimate of drug-likeness (QED) is 0.569. The number of nitrogens with zero attached hydrogens (tertiary/aromatic N) is 6. The van der Waals surface area contributed by atoms with Crippen LogP contribution in [0.2, 0.25) is 0 Å². The lowest BCUT2D eigenvalue weighted by Crippen LogP contribution is -2.07. The second-order valence-corrected chi connectivity index (χ2v) is 5.64. The summed E-state index contributed by atoms with van der Waals surface area (Å²) in [6.07, 6.45) is -0.309. The number of hydrogen-bond donors (Lipinski definition) is 2. The van der Waals surface area contributed by atoms with Gasteiger partial charge in [-0.1, -0.05) is 6.07 Å². The van der Waals surface area contributed by atoms with Crippen LogP contribution in [-0.2, 0) is 11.2 Å². The van der Waals surface area contributed by atoms with Crippen LogP contribution in [0, 0.1) is 13.8 Å². The molecule has 1 aromatic carbocycles. The van der Waals surface area contributed by atoms with Crippen molar-refractivity contribution in [2.75, 3.05) is 5.32 Å². The van der Waals surface area contributed by atoms with Gasteiger partial charge in [-0.3, -0.25) is 9.20 Å². The maximum absolute atomic E-state index is 11.1. The number of hydrogen-bond acceptors (Lipinski definition) is 8. The van der Waals surface area contributed by atoms with Gasteiger partial charge in [0, 0.05) is 5.69 Å². The van der Waals surface area contributed by atoms with Gasteiger partial charge in [-0.2, -0.15) is 0 Å². The molecule has 0 fully saturated rings. The molecule has 0 amide bonds. The summed E-state index contributed by atoms with van der Waals surface area (Å²) in [6, 6.07) is 5.89. The molecule has 2 N–H and O–H groups in total. The minimum Gasteiger partial charge on any atom is -0.481 e. The second-order valence-electron chi connectivity index (χ2n) is 5.64. The van der Waals surface area contributed by atoms with E-state index in [0.717, 1.165) is 11.3 Å². The Morgan fingerprint density at radius 2 is 2.04 bits per heavy atom. The van der Waals surface area contributed by atoms with E-state index in [1.807, 2.05) is 32.0 Å². The number of rotatable bonds is 4. The molecule has 0 saturated carbocycles. The first-order valence-corrected chi connectivity index (χ1v) is 7.45. The topological polar surface area (TPSA) is 131 Å². The van der Waals surface area contributed by atoms with Crippen LogP contribution in [-0.4, -0.2) is 41.0 Å². The first-order chi connectivity index (χ1) is 12.0. The van der Waals surface area contributed by atoms with Gasteiger partial charge >= 0.3 is 5.97 Å². The number of carboxylic acids is 1. The zero-order chi connectivity index (χ0) is 17.6. The average molecular weight is 339 g/mol. The summed E-state index contributed by atoms with van der Waals surface area (Å²) in [6.45, 7) is 4.04. The van der Waals surface area contributed by atoms with Gasteiger partial charge in [0.15, 0.2) is 11.6 Å². The maximum Gasteiger partial charge on any atom is 0.311 e. The Kier molecular flexibility index (Phi) is 3.31. The molecule has 126 valence electrons. The normalized spacial score (nSPS) is 11.3. The number of carbonyl (C=O) groups is 1. The van der Waals surface area contributed by atoms with E-state index in [0.29, 0.717) is 11.5 Å². The van der Waals surface area contributed by atoms with Crippen molar-refractivity contribution >= 4 is 34.4 Å². The van der Waals surface area contributed by atoms with E-state index in [1.54, 1.807) is 0 Å². The van der Waals surface area contributed by atoms with Crippen molar-refractivity contribution in [1.82, 2.24) is 29.9 Å². The molecule has 0 aliphatic rings. The minimum atomic E-state index is -1.03. The third kappa shape index (κ3) is 2.53. The van der Waals surface area contributed by atoms with Gasteiger partial charge in [0.2, 0.25) is 16.9 Å². The van der Waals surface area contributed by atoms with Crippen LogP contribution in [0.25, 0.3) is 16.9 Å². The van der Waals surface area contributed by atoms with E-state index in [-0.39, 0.29) is 23.5 Å². The van der Waals surface area contributed by atoms with Crippen LogP contribution in [0.1, 0.15) is 17.0 Å². The smallest absolute Gasteiger partial charge is 0.311 e. The summed E-state index contributed by atoms with van der Waals surface area (Å²) in [4.78, 5) is 15.4. The summed E-state index contributed by atoms with van der Waals surface area (Å²) in [5.74, 6) is -0.427. The van der Waals surface area contributed by atoms with E-state index in [9.17, 15) is 4.79 Å². The Morgan fingerprint density at radius 3 is 2.80 bits per heavy atom. The molecule has 10 heteroatoms. The number of aromatic nitrogens is 6. The number of benzene rings is 1.